The molecule has 0 bridgehead atoms. The number of ether oxygens (including phenoxy) is 1. The van der Waals surface area contributed by atoms with Crippen molar-refractivity contribution in [1.29, 1.82) is 0 Å². The van der Waals surface area contributed by atoms with Crippen molar-refractivity contribution in [3.05, 3.63) is 60.4 Å². The summed E-state index contributed by atoms with van der Waals surface area (Å²) in [4.78, 5) is 30.2. The number of amides is 2. The Morgan fingerprint density at radius 3 is 2.17 bits per heavy atom. The summed E-state index contributed by atoms with van der Waals surface area (Å²) in [7, 11) is 3.21. The molecule has 158 valence electrons. The quantitative estimate of drug-likeness (QED) is 0.246. The van der Waals surface area contributed by atoms with E-state index in [1.54, 1.807) is 20.2 Å². The van der Waals surface area contributed by atoms with Crippen LogP contribution in [0, 0.1) is 5.92 Å². The summed E-state index contributed by atoms with van der Waals surface area (Å²) in [5.41, 5.74) is 2.08. The van der Waals surface area contributed by atoms with E-state index in [4.69, 9.17) is 4.74 Å². The first kappa shape index (κ1) is 24.3. The van der Waals surface area contributed by atoms with Crippen molar-refractivity contribution < 1.29 is 14.3 Å². The molecule has 0 saturated heterocycles. The second kappa shape index (κ2) is 12.7. The number of nitrogens with zero attached hydrogens (tertiary/aromatic N) is 2. The lowest BCUT2D eigenvalue weighted by molar-refractivity contribution is -0.136. The topological polar surface area (TPSA) is 59.0 Å². The molecule has 29 heavy (non-hydrogen) atoms. The molecule has 0 N–H and O–H groups in total. The van der Waals surface area contributed by atoms with Crippen molar-refractivity contribution >= 4 is 17.7 Å². The van der Waals surface area contributed by atoms with E-state index in [-0.39, 0.29) is 0 Å². The number of allylic oxidation sites excluding steroid dienone is 3. The third-order valence-corrected chi connectivity index (χ3v) is 5.13. The van der Waals surface area contributed by atoms with Crippen LogP contribution >= 0.6 is 0 Å². The fourth-order valence-electron chi connectivity index (χ4n) is 3.32. The van der Waals surface area contributed by atoms with Gasteiger partial charge < -0.3 is 4.74 Å². The minimum absolute atomic E-state index is 0.440. The van der Waals surface area contributed by atoms with Crippen molar-refractivity contribution in [2.24, 2.45) is 10.9 Å². The first-order valence-electron chi connectivity index (χ1n) is 10.2. The molecule has 0 heterocycles. The third-order valence-electron chi connectivity index (χ3n) is 5.13. The molecule has 0 aliphatic heterocycles. The van der Waals surface area contributed by atoms with Gasteiger partial charge in [-0.15, -0.1) is 0 Å². The molecule has 5 nitrogen and oxygen atoms in total. The predicted octanol–water partition coefficient (Wildman–Crippen LogP) is 5.14. The van der Waals surface area contributed by atoms with E-state index in [1.165, 1.54) is 32.1 Å². The average molecular weight is 399 g/mol. The van der Waals surface area contributed by atoms with E-state index >= 15 is 0 Å². The zero-order valence-electron chi connectivity index (χ0n) is 18.2. The lowest BCUT2D eigenvalue weighted by Crippen LogP contribution is -2.34. The van der Waals surface area contributed by atoms with Gasteiger partial charge in [-0.2, -0.15) is 0 Å². The summed E-state index contributed by atoms with van der Waals surface area (Å²) < 4.78 is 5.45. The molecule has 5 heteroatoms. The fraction of sp³-hybridized carbons (Fsp3) is 0.458. The SMILES string of the molecule is C=CC(=O)N(C(=O)C=C)C(/C=C(/C=C/C1CCCCC1)C(=NC)OC)=C(C)CC. The van der Waals surface area contributed by atoms with Crippen LogP contribution in [0.5, 0.6) is 0 Å². The van der Waals surface area contributed by atoms with Gasteiger partial charge in [0.2, 0.25) is 5.90 Å². The summed E-state index contributed by atoms with van der Waals surface area (Å²) in [6, 6.07) is 0. The van der Waals surface area contributed by atoms with Crippen molar-refractivity contribution in [3.63, 3.8) is 0 Å². The third kappa shape index (κ3) is 7.00. The minimum atomic E-state index is -0.503. The van der Waals surface area contributed by atoms with Gasteiger partial charge in [0.15, 0.2) is 0 Å². The zero-order chi connectivity index (χ0) is 21.8. The van der Waals surface area contributed by atoms with Gasteiger partial charge in [-0.05, 0) is 55.9 Å². The highest BCUT2D eigenvalue weighted by Crippen LogP contribution is 2.26. The second-order valence-corrected chi connectivity index (χ2v) is 7.03. The van der Waals surface area contributed by atoms with Crippen LogP contribution < -0.4 is 0 Å². The summed E-state index contributed by atoms with van der Waals surface area (Å²) >= 11 is 0. The zero-order valence-corrected chi connectivity index (χ0v) is 18.2. The van der Waals surface area contributed by atoms with Crippen LogP contribution in [0.3, 0.4) is 0 Å². The van der Waals surface area contributed by atoms with Gasteiger partial charge in [-0.3, -0.25) is 14.6 Å². The van der Waals surface area contributed by atoms with Gasteiger partial charge in [0.1, 0.15) is 0 Å². The molecule has 0 atom stereocenters. The van der Waals surface area contributed by atoms with E-state index in [0.717, 1.165) is 22.6 Å². The molecule has 0 aromatic heterocycles. The van der Waals surface area contributed by atoms with Crippen molar-refractivity contribution in [1.82, 2.24) is 4.90 Å². The van der Waals surface area contributed by atoms with Crippen LogP contribution in [0.25, 0.3) is 0 Å². The highest BCUT2D eigenvalue weighted by molar-refractivity contribution is 6.07. The Kier molecular flexibility index (Phi) is 10.7. The van der Waals surface area contributed by atoms with Crippen LogP contribution in [-0.2, 0) is 14.3 Å². The maximum absolute atomic E-state index is 12.5. The normalized spacial score (nSPS) is 17.0. The second-order valence-electron chi connectivity index (χ2n) is 7.03. The van der Waals surface area contributed by atoms with Gasteiger partial charge >= 0.3 is 0 Å². The number of rotatable bonds is 8. The molecular formula is C24H34N2O3. The van der Waals surface area contributed by atoms with Gasteiger partial charge in [-0.25, -0.2) is 4.90 Å². The summed E-state index contributed by atoms with van der Waals surface area (Å²) in [5, 5.41) is 0. The summed E-state index contributed by atoms with van der Waals surface area (Å²) in [5.74, 6) is -0.0491. The molecule has 0 aromatic carbocycles. The summed E-state index contributed by atoms with van der Waals surface area (Å²) in [6.45, 7) is 10.9. The molecule has 1 aliphatic rings. The average Bonchev–Trinajstić information content (AvgIpc) is 2.76. The van der Waals surface area contributed by atoms with Crippen molar-refractivity contribution in [3.8, 4) is 0 Å². The molecular weight excluding hydrogens is 364 g/mol. The predicted molar refractivity (Wildman–Crippen MR) is 119 cm³/mol. The van der Waals surface area contributed by atoms with Crippen LogP contribution in [0.4, 0.5) is 0 Å². The molecule has 0 spiro atoms. The Morgan fingerprint density at radius 1 is 1.14 bits per heavy atom. The number of carbonyl (C=O) groups excluding carboxylic acids is 2. The van der Waals surface area contributed by atoms with E-state index < -0.39 is 11.8 Å². The Bertz CT molecular complexity index is 715. The maximum atomic E-state index is 12.5. The lowest BCUT2D eigenvalue weighted by Gasteiger charge is -2.22. The molecule has 0 unspecified atom stereocenters. The number of carbonyl (C=O) groups is 2. The highest BCUT2D eigenvalue weighted by atomic mass is 16.5. The van der Waals surface area contributed by atoms with Crippen LogP contribution in [0.1, 0.15) is 52.4 Å². The van der Waals surface area contributed by atoms with Crippen molar-refractivity contribution in [2.45, 2.75) is 52.4 Å². The standard InChI is InChI=1S/C24H34N2O3/c1-7-18(4)21(26(22(27)8-2)23(28)9-3)17-20(24(25-5)29-6)16-15-19-13-11-10-12-14-19/h8-9,15-17,19H,2-3,7,10-14H2,1,4-6H3/b16-15+,20-17-,21-18?,25-24?. The van der Waals surface area contributed by atoms with Crippen molar-refractivity contribution in [2.75, 3.05) is 14.2 Å². The fourth-order valence-corrected chi connectivity index (χ4v) is 3.32. The number of hydrogen-bond acceptors (Lipinski definition) is 4. The van der Waals surface area contributed by atoms with Crippen LogP contribution in [0.2, 0.25) is 0 Å². The Balaban J connectivity index is 3.52. The van der Waals surface area contributed by atoms with E-state index in [1.807, 2.05) is 19.9 Å². The smallest absolute Gasteiger partial charge is 0.257 e. The molecule has 1 aliphatic carbocycles. The highest BCUT2D eigenvalue weighted by Gasteiger charge is 2.23. The van der Waals surface area contributed by atoms with Gasteiger partial charge in [0.25, 0.3) is 11.8 Å². The Labute approximate surface area is 175 Å². The Morgan fingerprint density at radius 2 is 1.72 bits per heavy atom. The molecule has 0 aromatic rings. The minimum Gasteiger partial charge on any atom is -0.481 e. The number of aliphatic imine (C=N–C) groups is 1. The van der Waals surface area contributed by atoms with Gasteiger partial charge in [-0.1, -0.05) is 51.5 Å². The monoisotopic (exact) mass is 398 g/mol. The maximum Gasteiger partial charge on any atom is 0.257 e. The first-order chi connectivity index (χ1) is 13.9. The largest absolute Gasteiger partial charge is 0.481 e. The number of methoxy groups -OCH3 is 1. The van der Waals surface area contributed by atoms with E-state index in [0.29, 0.717) is 29.5 Å². The molecule has 1 fully saturated rings. The van der Waals surface area contributed by atoms with E-state index in [2.05, 4.69) is 24.2 Å². The van der Waals surface area contributed by atoms with Gasteiger partial charge in [0, 0.05) is 12.6 Å². The number of hydrogen-bond donors (Lipinski definition) is 0. The molecule has 2 amide bonds. The molecule has 1 saturated carbocycles. The van der Waals surface area contributed by atoms with E-state index in [9.17, 15) is 9.59 Å². The molecule has 0 radical (unpaired) electrons. The van der Waals surface area contributed by atoms with Gasteiger partial charge in [0.05, 0.1) is 12.8 Å². The summed E-state index contributed by atoms with van der Waals surface area (Å²) in [6.07, 6.45) is 15.0. The first-order valence-corrected chi connectivity index (χ1v) is 10.2. The molecule has 1 rings (SSSR count). The van der Waals surface area contributed by atoms with Crippen LogP contribution in [0.15, 0.2) is 65.4 Å². The van der Waals surface area contributed by atoms with Crippen LogP contribution in [-0.4, -0.2) is 36.8 Å². The number of imide groups is 1. The Hall–Kier alpha value is -2.69. The lowest BCUT2D eigenvalue weighted by atomic mass is 9.88.